The Hall–Kier alpha value is -3.51. The van der Waals surface area contributed by atoms with Gasteiger partial charge in [-0.3, -0.25) is 4.90 Å². The van der Waals surface area contributed by atoms with E-state index in [-0.39, 0.29) is 0 Å². The van der Waals surface area contributed by atoms with Gasteiger partial charge in [-0.15, -0.1) is 0 Å². The molecule has 2 N–H and O–H groups in total. The molecule has 0 spiro atoms. The molecule has 0 fully saturated rings. The number of hydrogen-bond donors (Lipinski definition) is 2. The minimum Gasteiger partial charge on any atom is -0.509 e. The highest BCUT2D eigenvalue weighted by molar-refractivity contribution is 6.18. The molecule has 5 aliphatic rings. The van der Waals surface area contributed by atoms with E-state index in [1.807, 2.05) is 0 Å². The van der Waals surface area contributed by atoms with Crippen LogP contribution in [0.2, 0.25) is 0 Å². The van der Waals surface area contributed by atoms with Crippen molar-refractivity contribution in [1.82, 2.24) is 10.2 Å². The number of allylic oxidation sites excluding steroid dienone is 9. The maximum atomic E-state index is 12.0. The van der Waals surface area contributed by atoms with E-state index in [1.165, 1.54) is 136 Å². The predicted molar refractivity (Wildman–Crippen MR) is 265 cm³/mol. The SMILES string of the molecule is CCCCCCCCCCN(CCCCCCCCCC)CC1=C(CC)C2=CC3=NC(=CC4=C(O)C(CC)(CC)C(=CC5=NC(=CC1=N2)C(CC)=C5CC)N4)C(CC)=C3CC. The van der Waals surface area contributed by atoms with Gasteiger partial charge in [0.25, 0.3) is 0 Å². The molecule has 61 heavy (non-hydrogen) atoms. The van der Waals surface area contributed by atoms with Gasteiger partial charge in [-0.05, 0) is 129 Å². The van der Waals surface area contributed by atoms with Gasteiger partial charge < -0.3 is 10.4 Å². The van der Waals surface area contributed by atoms with Crippen molar-refractivity contribution in [1.29, 1.82) is 0 Å². The summed E-state index contributed by atoms with van der Waals surface area (Å²) < 4.78 is 0. The Morgan fingerprint density at radius 3 is 1.26 bits per heavy atom. The average Bonchev–Trinajstić information content (AvgIpc) is 3.96. The third kappa shape index (κ3) is 11.6. The fourth-order valence-electron chi connectivity index (χ4n) is 10.5. The van der Waals surface area contributed by atoms with Gasteiger partial charge in [0, 0.05) is 12.2 Å². The number of hydrogen-bond acceptors (Lipinski definition) is 6. The monoisotopic (exact) mass is 832 g/mol. The van der Waals surface area contributed by atoms with Crippen LogP contribution in [0.1, 0.15) is 210 Å². The molecule has 0 amide bonds. The van der Waals surface area contributed by atoms with Crippen molar-refractivity contribution in [2.24, 2.45) is 20.4 Å². The molecule has 0 saturated heterocycles. The van der Waals surface area contributed by atoms with E-state index in [2.05, 4.69) is 96.8 Å². The minimum absolute atomic E-state index is 0.414. The van der Waals surface area contributed by atoms with Gasteiger partial charge in [0.05, 0.1) is 45.3 Å². The largest absolute Gasteiger partial charge is 0.509 e. The average molecular weight is 832 g/mol. The van der Waals surface area contributed by atoms with Crippen LogP contribution in [0.15, 0.2) is 107 Å². The predicted octanol–water partition coefficient (Wildman–Crippen LogP) is 15.6. The van der Waals surface area contributed by atoms with E-state index in [0.29, 0.717) is 5.76 Å². The van der Waals surface area contributed by atoms with Crippen molar-refractivity contribution >= 4 is 17.1 Å². The lowest BCUT2D eigenvalue weighted by molar-refractivity contribution is 0.250. The highest BCUT2D eigenvalue weighted by Gasteiger charge is 2.43. The van der Waals surface area contributed by atoms with Crippen molar-refractivity contribution < 1.29 is 5.11 Å². The maximum absolute atomic E-state index is 12.0. The zero-order valence-corrected chi connectivity index (χ0v) is 40.4. The second-order valence-corrected chi connectivity index (χ2v) is 18.2. The molecule has 5 heterocycles. The Morgan fingerprint density at radius 2 is 0.836 bits per heavy atom. The third-order valence-electron chi connectivity index (χ3n) is 14.3. The summed E-state index contributed by atoms with van der Waals surface area (Å²) >= 11 is 0. The summed E-state index contributed by atoms with van der Waals surface area (Å²) in [5, 5.41) is 15.8. The summed E-state index contributed by atoms with van der Waals surface area (Å²) in [5.41, 5.74) is 15.3. The van der Waals surface area contributed by atoms with Gasteiger partial charge in [0.2, 0.25) is 0 Å². The van der Waals surface area contributed by atoms with E-state index < -0.39 is 5.41 Å². The van der Waals surface area contributed by atoms with Crippen molar-refractivity contribution in [3.63, 3.8) is 0 Å². The molecule has 5 rings (SSSR count). The normalized spacial score (nSPS) is 18.6. The lowest BCUT2D eigenvalue weighted by Crippen LogP contribution is -2.30. The van der Waals surface area contributed by atoms with Gasteiger partial charge in [-0.1, -0.05) is 152 Å². The topological polar surface area (TPSA) is 72.6 Å². The number of rotatable bonds is 27. The first-order chi connectivity index (χ1) is 29.8. The van der Waals surface area contributed by atoms with Crippen LogP contribution in [0, 0.1) is 5.41 Å². The van der Waals surface area contributed by atoms with Crippen LogP contribution >= 0.6 is 0 Å². The minimum atomic E-state index is -0.500. The Labute approximate surface area is 373 Å². The second kappa shape index (κ2) is 24.4. The van der Waals surface area contributed by atoms with Gasteiger partial charge in [0.15, 0.2) is 0 Å². The second-order valence-electron chi connectivity index (χ2n) is 18.2. The number of aliphatic hydroxyl groups is 1. The molecular formula is C55H85N5O. The number of unbranched alkanes of at least 4 members (excludes halogenated alkanes) is 14. The van der Waals surface area contributed by atoms with Crippen LogP contribution in [-0.4, -0.2) is 46.8 Å². The van der Waals surface area contributed by atoms with Crippen LogP contribution in [-0.2, 0) is 0 Å². The molecule has 6 nitrogen and oxygen atoms in total. The van der Waals surface area contributed by atoms with E-state index in [0.717, 1.165) is 110 Å². The van der Waals surface area contributed by atoms with Gasteiger partial charge in [-0.25, -0.2) is 15.0 Å². The molecule has 0 aromatic heterocycles. The zero-order chi connectivity index (χ0) is 43.8. The number of fused-ring (bicyclic) bond motifs is 5. The lowest BCUT2D eigenvalue weighted by atomic mass is 9.78. The summed E-state index contributed by atoms with van der Waals surface area (Å²) in [6, 6.07) is 0. The Kier molecular flexibility index (Phi) is 19.4. The van der Waals surface area contributed by atoms with Crippen LogP contribution in [0.5, 0.6) is 0 Å². The molecular weight excluding hydrogens is 747 g/mol. The van der Waals surface area contributed by atoms with Crippen molar-refractivity contribution in [2.75, 3.05) is 19.6 Å². The molecule has 8 bridgehead atoms. The molecule has 0 atom stereocenters. The van der Waals surface area contributed by atoms with E-state index in [1.54, 1.807) is 0 Å². The van der Waals surface area contributed by atoms with E-state index >= 15 is 0 Å². The third-order valence-corrected chi connectivity index (χ3v) is 14.3. The summed E-state index contributed by atoms with van der Waals surface area (Å²) in [6.07, 6.45) is 36.5. The summed E-state index contributed by atoms with van der Waals surface area (Å²) in [4.78, 5) is 19.2. The molecule has 336 valence electrons. The molecule has 0 aliphatic carbocycles. The van der Waals surface area contributed by atoms with Crippen molar-refractivity contribution in [2.45, 2.75) is 210 Å². The smallest absolute Gasteiger partial charge is 0.128 e. The van der Waals surface area contributed by atoms with Crippen LogP contribution < -0.4 is 5.32 Å². The molecule has 0 unspecified atom stereocenters. The highest BCUT2D eigenvalue weighted by Crippen LogP contribution is 2.48. The number of aliphatic imine (C=N–C) groups is 3. The van der Waals surface area contributed by atoms with Crippen LogP contribution in [0.3, 0.4) is 0 Å². The number of aliphatic hydroxyl groups excluding tert-OH is 1. The zero-order valence-electron chi connectivity index (χ0n) is 40.4. The number of nitrogens with one attached hydrogen (secondary N) is 1. The summed E-state index contributed by atoms with van der Waals surface area (Å²) in [7, 11) is 0. The van der Waals surface area contributed by atoms with Crippen LogP contribution in [0.25, 0.3) is 0 Å². The Morgan fingerprint density at radius 1 is 0.459 bits per heavy atom. The summed E-state index contributed by atoms with van der Waals surface area (Å²) in [6.45, 7) is 23.5. The molecule has 6 heteroatoms. The Bertz CT molecular complexity index is 1860. The fraction of sp³-hybridized carbons (Fsp3) is 0.655. The molecule has 5 aliphatic heterocycles. The van der Waals surface area contributed by atoms with Crippen molar-refractivity contribution in [3.05, 3.63) is 92.0 Å². The molecule has 0 aromatic rings. The fourth-order valence-corrected chi connectivity index (χ4v) is 10.5. The first kappa shape index (κ1) is 48.5. The van der Waals surface area contributed by atoms with Gasteiger partial charge >= 0.3 is 0 Å². The standard InChI is InChI=1S/C55H85N5O/c1-10-19-21-23-25-27-29-31-33-60(34-32-30-28-26-24-22-20-11-2)39-45-44(16-7)48-35-46-40(12-3)41(13-4)49(56-46)37-52-54(61)55(17-8,18-9)53(59-52)38-51-43(15-6)42(14-5)47(58-51)36-50(45)57-48/h35-38,59,61H,10-34,39H2,1-9H3. The Balaban J connectivity index is 1.58. The first-order valence-electron chi connectivity index (χ1n) is 25.5. The quantitative estimate of drug-likeness (QED) is 0.0810. The van der Waals surface area contributed by atoms with E-state index in [4.69, 9.17) is 15.0 Å². The van der Waals surface area contributed by atoms with E-state index in [9.17, 15) is 5.11 Å². The summed E-state index contributed by atoms with van der Waals surface area (Å²) in [5.74, 6) is 0.414. The van der Waals surface area contributed by atoms with Gasteiger partial charge in [-0.2, -0.15) is 0 Å². The highest BCUT2D eigenvalue weighted by atomic mass is 16.3. The first-order valence-corrected chi connectivity index (χ1v) is 25.5. The molecule has 0 saturated carbocycles. The molecule has 0 aromatic carbocycles. The number of nitrogens with zero attached hydrogens (tertiary/aromatic N) is 4. The van der Waals surface area contributed by atoms with Crippen LogP contribution in [0.4, 0.5) is 0 Å². The molecule has 0 radical (unpaired) electrons. The van der Waals surface area contributed by atoms with Crippen molar-refractivity contribution in [3.8, 4) is 0 Å². The lowest BCUT2D eigenvalue weighted by Gasteiger charge is -2.28. The maximum Gasteiger partial charge on any atom is 0.128 e. The van der Waals surface area contributed by atoms with Gasteiger partial charge in [0.1, 0.15) is 5.76 Å².